The first-order valence-electron chi connectivity index (χ1n) is 9.55. The third-order valence-corrected chi connectivity index (χ3v) is 5.08. The zero-order chi connectivity index (χ0) is 20.6. The predicted octanol–water partition coefficient (Wildman–Crippen LogP) is 3.43. The van der Waals surface area contributed by atoms with Gasteiger partial charge in [-0.25, -0.2) is 0 Å². The minimum atomic E-state index is 0. The Kier molecular flexibility index (Phi) is 9.51. The highest BCUT2D eigenvalue weighted by molar-refractivity contribution is 14.0. The number of hydrogen-bond donors (Lipinski definition) is 2. The molecule has 1 saturated heterocycles. The van der Waals surface area contributed by atoms with Crippen molar-refractivity contribution in [3.05, 3.63) is 53.6 Å². The molecule has 0 unspecified atom stereocenters. The maximum absolute atomic E-state index is 12.4. The summed E-state index contributed by atoms with van der Waals surface area (Å²) in [7, 11) is 1.56. The lowest BCUT2D eigenvalue weighted by molar-refractivity contribution is -0.131. The number of anilines is 2. The van der Waals surface area contributed by atoms with E-state index in [0.29, 0.717) is 29.4 Å². The van der Waals surface area contributed by atoms with Gasteiger partial charge in [-0.2, -0.15) is 0 Å². The first-order chi connectivity index (χ1) is 14.1. The van der Waals surface area contributed by atoms with E-state index in [1.54, 1.807) is 25.3 Å². The molecule has 1 amide bonds. The van der Waals surface area contributed by atoms with Crippen LogP contribution in [-0.4, -0.2) is 56.6 Å². The van der Waals surface area contributed by atoms with Gasteiger partial charge in [0.1, 0.15) is 5.75 Å². The molecule has 9 heteroatoms. The number of rotatable bonds is 6. The van der Waals surface area contributed by atoms with E-state index in [9.17, 15) is 4.79 Å². The molecular weight excluding hydrogens is 517 g/mol. The zero-order valence-corrected chi connectivity index (χ0v) is 20.0. The molecule has 1 fully saturated rings. The SMILES string of the molecule is COc1ccc(NC(N)=NCCC(=O)N2CCN(c3ccccc3)CC2)cc1Cl.I. The summed E-state index contributed by atoms with van der Waals surface area (Å²) in [5.74, 6) is 0.931. The maximum Gasteiger partial charge on any atom is 0.224 e. The van der Waals surface area contributed by atoms with Gasteiger partial charge in [-0.1, -0.05) is 29.8 Å². The van der Waals surface area contributed by atoms with Gasteiger partial charge in [-0.15, -0.1) is 24.0 Å². The average molecular weight is 544 g/mol. The largest absolute Gasteiger partial charge is 0.495 e. The van der Waals surface area contributed by atoms with Crippen LogP contribution in [-0.2, 0) is 4.79 Å². The zero-order valence-electron chi connectivity index (χ0n) is 16.9. The standard InChI is InChI=1S/C21H26ClN5O2.HI/c1-29-19-8-7-16(15-18(19)22)25-21(23)24-10-9-20(28)27-13-11-26(12-14-27)17-5-3-2-4-6-17;/h2-8,15H,9-14H2,1H3,(H3,23,24,25);1H. The summed E-state index contributed by atoms with van der Waals surface area (Å²) in [4.78, 5) is 20.9. The second-order valence-corrected chi connectivity index (χ2v) is 7.10. The molecule has 3 N–H and O–H groups in total. The van der Waals surface area contributed by atoms with Gasteiger partial charge < -0.3 is 25.6 Å². The first-order valence-corrected chi connectivity index (χ1v) is 9.93. The molecule has 1 heterocycles. The van der Waals surface area contributed by atoms with Crippen LogP contribution in [0.4, 0.5) is 11.4 Å². The van der Waals surface area contributed by atoms with Gasteiger partial charge in [-0.05, 0) is 30.3 Å². The molecule has 0 radical (unpaired) electrons. The minimum Gasteiger partial charge on any atom is -0.495 e. The van der Waals surface area contributed by atoms with Gasteiger partial charge in [-0.3, -0.25) is 9.79 Å². The summed E-state index contributed by atoms with van der Waals surface area (Å²) in [5, 5.41) is 3.45. The van der Waals surface area contributed by atoms with Crippen molar-refractivity contribution in [1.29, 1.82) is 0 Å². The number of ether oxygens (including phenoxy) is 1. The molecule has 0 aromatic heterocycles. The van der Waals surface area contributed by atoms with E-state index in [4.69, 9.17) is 22.1 Å². The normalized spacial score (nSPS) is 14.1. The molecule has 0 saturated carbocycles. The Morgan fingerprint density at radius 2 is 1.87 bits per heavy atom. The second kappa shape index (κ2) is 11.8. The third-order valence-electron chi connectivity index (χ3n) is 4.79. The number of nitrogens with one attached hydrogen (secondary N) is 1. The van der Waals surface area contributed by atoms with E-state index in [-0.39, 0.29) is 35.8 Å². The number of methoxy groups -OCH3 is 1. The Hall–Kier alpha value is -2.20. The molecule has 0 bridgehead atoms. The number of aliphatic imine (C=N–C) groups is 1. The number of halogens is 2. The lowest BCUT2D eigenvalue weighted by Crippen LogP contribution is -2.48. The topological polar surface area (TPSA) is 83.2 Å². The highest BCUT2D eigenvalue weighted by Gasteiger charge is 2.20. The predicted molar refractivity (Wildman–Crippen MR) is 133 cm³/mol. The van der Waals surface area contributed by atoms with Crippen LogP contribution < -0.4 is 20.7 Å². The van der Waals surface area contributed by atoms with Crippen molar-refractivity contribution >= 4 is 58.8 Å². The van der Waals surface area contributed by atoms with Gasteiger partial charge in [0.25, 0.3) is 0 Å². The van der Waals surface area contributed by atoms with Crippen LogP contribution in [0.3, 0.4) is 0 Å². The van der Waals surface area contributed by atoms with Crippen molar-refractivity contribution in [2.75, 3.05) is 50.1 Å². The fourth-order valence-electron chi connectivity index (χ4n) is 3.21. The third kappa shape index (κ3) is 6.66. The fourth-order valence-corrected chi connectivity index (χ4v) is 3.47. The monoisotopic (exact) mass is 543 g/mol. The molecular formula is C21H27ClIN5O2. The molecule has 0 aliphatic carbocycles. The van der Waals surface area contributed by atoms with Gasteiger partial charge in [0, 0.05) is 44.0 Å². The van der Waals surface area contributed by atoms with Crippen molar-refractivity contribution in [3.63, 3.8) is 0 Å². The molecule has 1 aliphatic heterocycles. The van der Waals surface area contributed by atoms with Crippen LogP contribution in [0.25, 0.3) is 0 Å². The van der Waals surface area contributed by atoms with Gasteiger partial charge in [0.05, 0.1) is 18.7 Å². The van der Waals surface area contributed by atoms with Crippen LogP contribution in [0.15, 0.2) is 53.5 Å². The van der Waals surface area contributed by atoms with Crippen LogP contribution in [0.1, 0.15) is 6.42 Å². The number of para-hydroxylation sites is 1. The number of hydrogen-bond acceptors (Lipinski definition) is 4. The van der Waals surface area contributed by atoms with Crippen molar-refractivity contribution in [2.45, 2.75) is 6.42 Å². The summed E-state index contributed by atoms with van der Waals surface area (Å²) in [6.45, 7) is 3.44. The molecule has 30 heavy (non-hydrogen) atoms. The summed E-state index contributed by atoms with van der Waals surface area (Å²) in [6.07, 6.45) is 0.330. The highest BCUT2D eigenvalue weighted by atomic mass is 127. The summed E-state index contributed by atoms with van der Waals surface area (Å²) in [5.41, 5.74) is 7.81. The Morgan fingerprint density at radius 3 is 2.50 bits per heavy atom. The average Bonchev–Trinajstić information content (AvgIpc) is 2.74. The molecule has 0 atom stereocenters. The van der Waals surface area contributed by atoms with E-state index < -0.39 is 0 Å². The van der Waals surface area contributed by atoms with Gasteiger partial charge in [0.15, 0.2) is 5.96 Å². The van der Waals surface area contributed by atoms with Crippen LogP contribution in [0, 0.1) is 0 Å². The van der Waals surface area contributed by atoms with E-state index >= 15 is 0 Å². The number of piperazine rings is 1. The number of nitrogens with two attached hydrogens (primary N) is 1. The van der Waals surface area contributed by atoms with Gasteiger partial charge >= 0.3 is 0 Å². The Balaban J connectivity index is 0.00000320. The van der Waals surface area contributed by atoms with E-state index in [2.05, 4.69) is 27.3 Å². The Labute approximate surface area is 199 Å². The number of benzene rings is 2. The molecule has 162 valence electrons. The van der Waals surface area contributed by atoms with E-state index in [1.165, 1.54) is 5.69 Å². The van der Waals surface area contributed by atoms with Crippen molar-refractivity contribution in [3.8, 4) is 5.75 Å². The highest BCUT2D eigenvalue weighted by Crippen LogP contribution is 2.27. The molecule has 3 rings (SSSR count). The first kappa shape index (κ1) is 24.1. The molecule has 1 aliphatic rings. The summed E-state index contributed by atoms with van der Waals surface area (Å²) < 4.78 is 5.12. The smallest absolute Gasteiger partial charge is 0.224 e. The number of carbonyl (C=O) groups excluding carboxylic acids is 1. The molecule has 2 aromatic carbocycles. The second-order valence-electron chi connectivity index (χ2n) is 6.69. The lowest BCUT2D eigenvalue weighted by Gasteiger charge is -2.36. The molecule has 2 aromatic rings. The summed E-state index contributed by atoms with van der Waals surface area (Å²) in [6, 6.07) is 15.5. The molecule has 0 spiro atoms. The van der Waals surface area contributed by atoms with Crippen LogP contribution in [0.2, 0.25) is 5.02 Å². The number of nitrogens with zero attached hydrogens (tertiary/aromatic N) is 3. The van der Waals surface area contributed by atoms with E-state index in [0.717, 1.165) is 26.2 Å². The van der Waals surface area contributed by atoms with Crippen LogP contribution in [0.5, 0.6) is 5.75 Å². The number of guanidine groups is 1. The van der Waals surface area contributed by atoms with Crippen molar-refractivity contribution in [1.82, 2.24) is 4.90 Å². The lowest BCUT2D eigenvalue weighted by atomic mass is 10.2. The number of carbonyl (C=O) groups is 1. The van der Waals surface area contributed by atoms with E-state index in [1.807, 2.05) is 23.1 Å². The van der Waals surface area contributed by atoms with Crippen molar-refractivity contribution in [2.24, 2.45) is 10.7 Å². The maximum atomic E-state index is 12.4. The van der Waals surface area contributed by atoms with Crippen LogP contribution >= 0.6 is 35.6 Å². The fraction of sp³-hybridized carbons (Fsp3) is 0.333. The Bertz CT molecular complexity index is 858. The van der Waals surface area contributed by atoms with Crippen molar-refractivity contribution < 1.29 is 9.53 Å². The molecule has 7 nitrogen and oxygen atoms in total. The summed E-state index contributed by atoms with van der Waals surface area (Å²) >= 11 is 6.09. The quantitative estimate of drug-likeness (QED) is 0.331. The minimum absolute atomic E-state index is 0. The number of amides is 1. The Morgan fingerprint density at radius 1 is 1.17 bits per heavy atom. The van der Waals surface area contributed by atoms with Gasteiger partial charge in [0.2, 0.25) is 5.91 Å².